The van der Waals surface area contributed by atoms with Crippen molar-refractivity contribution in [1.82, 2.24) is 5.32 Å². The lowest BCUT2D eigenvalue weighted by Crippen LogP contribution is -2.23. The van der Waals surface area contributed by atoms with Crippen molar-refractivity contribution in [3.8, 4) is 0 Å². The molecule has 1 rings (SSSR count). The molecule has 0 spiro atoms. The second kappa shape index (κ2) is 8.97. The maximum atomic E-state index is 5.59. The lowest BCUT2D eigenvalue weighted by molar-refractivity contribution is 0.0166. The molecule has 0 aromatic heterocycles. The van der Waals surface area contributed by atoms with Crippen molar-refractivity contribution in [1.29, 1.82) is 0 Å². The molecular formula is C13H27NO2. The van der Waals surface area contributed by atoms with Crippen molar-refractivity contribution in [3.63, 3.8) is 0 Å². The topological polar surface area (TPSA) is 30.5 Å². The second-order valence-electron chi connectivity index (χ2n) is 4.78. The summed E-state index contributed by atoms with van der Waals surface area (Å²) < 4.78 is 11.1. The molecule has 1 saturated heterocycles. The monoisotopic (exact) mass is 229 g/mol. The molecule has 96 valence electrons. The molecule has 0 aromatic carbocycles. The summed E-state index contributed by atoms with van der Waals surface area (Å²) in [6.07, 6.45) is 5.09. The molecule has 1 fully saturated rings. The van der Waals surface area contributed by atoms with Crippen LogP contribution in [-0.2, 0) is 9.47 Å². The first kappa shape index (κ1) is 13.9. The van der Waals surface area contributed by atoms with Gasteiger partial charge in [-0.2, -0.15) is 0 Å². The Bertz CT molecular complexity index is 158. The van der Waals surface area contributed by atoms with Gasteiger partial charge in [0.15, 0.2) is 0 Å². The van der Waals surface area contributed by atoms with Crippen LogP contribution < -0.4 is 5.32 Å². The molecule has 0 radical (unpaired) electrons. The van der Waals surface area contributed by atoms with E-state index in [0.717, 1.165) is 45.2 Å². The van der Waals surface area contributed by atoms with Crippen LogP contribution in [-0.4, -0.2) is 39.0 Å². The van der Waals surface area contributed by atoms with Crippen LogP contribution in [0.25, 0.3) is 0 Å². The Balaban J connectivity index is 1.77. The zero-order valence-corrected chi connectivity index (χ0v) is 10.8. The minimum Gasteiger partial charge on any atom is -0.379 e. The van der Waals surface area contributed by atoms with Crippen molar-refractivity contribution in [2.24, 2.45) is 5.92 Å². The fraction of sp³-hybridized carbons (Fsp3) is 1.00. The molecule has 1 aliphatic rings. The van der Waals surface area contributed by atoms with Gasteiger partial charge in [-0.3, -0.25) is 0 Å². The van der Waals surface area contributed by atoms with E-state index in [4.69, 9.17) is 9.47 Å². The Hall–Kier alpha value is -0.120. The zero-order chi connectivity index (χ0) is 11.6. The molecule has 0 aliphatic carbocycles. The number of hydrogen-bond donors (Lipinski definition) is 1. The molecule has 0 bridgehead atoms. The minimum atomic E-state index is 0.369. The Morgan fingerprint density at radius 2 is 2.38 bits per heavy atom. The van der Waals surface area contributed by atoms with Crippen LogP contribution >= 0.6 is 0 Å². The molecule has 16 heavy (non-hydrogen) atoms. The average Bonchev–Trinajstić information content (AvgIpc) is 2.80. The molecule has 2 unspecified atom stereocenters. The van der Waals surface area contributed by atoms with Gasteiger partial charge in [0.1, 0.15) is 0 Å². The Kier molecular flexibility index (Phi) is 7.81. The molecule has 0 aromatic rings. The fourth-order valence-electron chi connectivity index (χ4n) is 1.78. The lowest BCUT2D eigenvalue weighted by atomic mass is 10.1. The number of ether oxygens (including phenoxy) is 2. The maximum absolute atomic E-state index is 5.59. The van der Waals surface area contributed by atoms with Crippen molar-refractivity contribution >= 4 is 0 Å². The van der Waals surface area contributed by atoms with Gasteiger partial charge in [0.25, 0.3) is 0 Å². The minimum absolute atomic E-state index is 0.369. The maximum Gasteiger partial charge on any atom is 0.0809 e. The predicted molar refractivity (Wildman–Crippen MR) is 66.7 cm³/mol. The molecule has 3 heteroatoms. The standard InChI is InChI=1S/C13H27NO2/c1-3-12(2)10-14-7-5-8-15-11-13-6-4-9-16-13/h12-14H,3-11H2,1-2H3. The summed E-state index contributed by atoms with van der Waals surface area (Å²) in [4.78, 5) is 0. The van der Waals surface area contributed by atoms with E-state index in [1.54, 1.807) is 0 Å². The first-order valence-corrected chi connectivity index (χ1v) is 6.73. The normalized spacial score (nSPS) is 22.5. The van der Waals surface area contributed by atoms with E-state index in [9.17, 15) is 0 Å². The van der Waals surface area contributed by atoms with E-state index >= 15 is 0 Å². The van der Waals surface area contributed by atoms with E-state index in [1.807, 2.05) is 0 Å². The Morgan fingerprint density at radius 1 is 1.50 bits per heavy atom. The van der Waals surface area contributed by atoms with E-state index in [-0.39, 0.29) is 0 Å². The summed E-state index contributed by atoms with van der Waals surface area (Å²) in [5.41, 5.74) is 0. The average molecular weight is 229 g/mol. The van der Waals surface area contributed by atoms with E-state index in [1.165, 1.54) is 19.3 Å². The number of nitrogens with one attached hydrogen (secondary N) is 1. The first-order valence-electron chi connectivity index (χ1n) is 6.73. The van der Waals surface area contributed by atoms with Crippen LogP contribution in [0.5, 0.6) is 0 Å². The number of hydrogen-bond acceptors (Lipinski definition) is 3. The van der Waals surface area contributed by atoms with E-state index in [2.05, 4.69) is 19.2 Å². The van der Waals surface area contributed by atoms with Crippen molar-refractivity contribution < 1.29 is 9.47 Å². The van der Waals surface area contributed by atoms with Crippen molar-refractivity contribution in [2.45, 2.75) is 45.6 Å². The highest BCUT2D eigenvalue weighted by molar-refractivity contribution is 4.63. The van der Waals surface area contributed by atoms with Gasteiger partial charge >= 0.3 is 0 Å². The zero-order valence-electron chi connectivity index (χ0n) is 10.8. The third-order valence-corrected chi connectivity index (χ3v) is 3.16. The van der Waals surface area contributed by atoms with Crippen molar-refractivity contribution in [2.75, 3.05) is 32.9 Å². The van der Waals surface area contributed by atoms with Gasteiger partial charge in [0.05, 0.1) is 12.7 Å². The first-order chi connectivity index (χ1) is 7.83. The Morgan fingerprint density at radius 3 is 3.06 bits per heavy atom. The van der Waals surface area contributed by atoms with Crippen LogP contribution in [0.4, 0.5) is 0 Å². The Labute approximate surface area is 99.9 Å². The molecule has 1 N–H and O–H groups in total. The van der Waals surface area contributed by atoms with Crippen LogP contribution in [0.15, 0.2) is 0 Å². The summed E-state index contributed by atoms with van der Waals surface area (Å²) in [6, 6.07) is 0. The molecule has 3 nitrogen and oxygen atoms in total. The molecule has 1 aliphatic heterocycles. The summed E-state index contributed by atoms with van der Waals surface area (Å²) >= 11 is 0. The summed E-state index contributed by atoms with van der Waals surface area (Å²) in [7, 11) is 0. The molecular weight excluding hydrogens is 202 g/mol. The van der Waals surface area contributed by atoms with Crippen LogP contribution in [0.1, 0.15) is 39.5 Å². The number of rotatable bonds is 9. The largest absolute Gasteiger partial charge is 0.379 e. The smallest absolute Gasteiger partial charge is 0.0809 e. The lowest BCUT2D eigenvalue weighted by Gasteiger charge is -2.11. The molecule has 2 atom stereocenters. The van der Waals surface area contributed by atoms with Crippen molar-refractivity contribution in [3.05, 3.63) is 0 Å². The second-order valence-corrected chi connectivity index (χ2v) is 4.78. The highest BCUT2D eigenvalue weighted by atomic mass is 16.5. The SMILES string of the molecule is CCC(C)CNCCCOCC1CCCO1. The van der Waals surface area contributed by atoms with E-state index in [0.29, 0.717) is 6.10 Å². The predicted octanol–water partition coefficient (Wildman–Crippen LogP) is 2.21. The van der Waals surface area contributed by atoms with Gasteiger partial charge in [-0.15, -0.1) is 0 Å². The van der Waals surface area contributed by atoms with Gasteiger partial charge in [0.2, 0.25) is 0 Å². The molecule has 1 heterocycles. The van der Waals surface area contributed by atoms with Crippen LogP contribution in [0, 0.1) is 5.92 Å². The summed E-state index contributed by atoms with van der Waals surface area (Å²) in [6.45, 7) is 9.26. The summed E-state index contributed by atoms with van der Waals surface area (Å²) in [5, 5.41) is 3.45. The van der Waals surface area contributed by atoms with E-state index < -0.39 is 0 Å². The van der Waals surface area contributed by atoms with Gasteiger partial charge in [0, 0.05) is 13.2 Å². The quantitative estimate of drug-likeness (QED) is 0.615. The highest BCUT2D eigenvalue weighted by Gasteiger charge is 2.14. The van der Waals surface area contributed by atoms with Gasteiger partial charge in [-0.1, -0.05) is 20.3 Å². The van der Waals surface area contributed by atoms with Crippen LogP contribution in [0.3, 0.4) is 0 Å². The van der Waals surface area contributed by atoms with Gasteiger partial charge < -0.3 is 14.8 Å². The van der Waals surface area contributed by atoms with Gasteiger partial charge in [-0.05, 0) is 38.3 Å². The molecule has 0 amide bonds. The third kappa shape index (κ3) is 6.46. The highest BCUT2D eigenvalue weighted by Crippen LogP contribution is 2.11. The summed E-state index contributed by atoms with van der Waals surface area (Å²) in [5.74, 6) is 0.785. The van der Waals surface area contributed by atoms with Gasteiger partial charge in [-0.25, -0.2) is 0 Å². The van der Waals surface area contributed by atoms with Crippen LogP contribution in [0.2, 0.25) is 0 Å². The fourth-order valence-corrected chi connectivity index (χ4v) is 1.78. The third-order valence-electron chi connectivity index (χ3n) is 3.16. The molecule has 0 saturated carbocycles.